The predicted octanol–water partition coefficient (Wildman–Crippen LogP) is 6.09. The third kappa shape index (κ3) is 6.64. The van der Waals surface area contributed by atoms with Crippen LogP contribution in [0.3, 0.4) is 0 Å². The number of carboxylic acid groups (broad SMARTS) is 1. The van der Waals surface area contributed by atoms with Gasteiger partial charge >= 0.3 is 11.9 Å². The quantitative estimate of drug-likeness (QED) is 0.230. The molecule has 8 heteroatoms. The molecule has 0 fully saturated rings. The second kappa shape index (κ2) is 12.0. The molecule has 1 N–H and O–H groups in total. The van der Waals surface area contributed by atoms with Gasteiger partial charge < -0.3 is 28.5 Å². The molecule has 0 aliphatic carbocycles. The van der Waals surface area contributed by atoms with E-state index in [-0.39, 0.29) is 12.4 Å². The number of aromatic nitrogens is 1. The Kier molecular flexibility index (Phi) is 8.05. The summed E-state index contributed by atoms with van der Waals surface area (Å²) < 4.78 is 28.8. The number of aliphatic carboxylic acids is 1. The van der Waals surface area contributed by atoms with Gasteiger partial charge in [0, 0.05) is 24.8 Å². The lowest BCUT2D eigenvalue weighted by Gasteiger charge is -2.26. The van der Waals surface area contributed by atoms with Crippen LogP contribution in [0.4, 0.5) is 0 Å². The average molecular weight is 542 g/mol. The van der Waals surface area contributed by atoms with E-state index in [1.54, 1.807) is 0 Å². The van der Waals surface area contributed by atoms with Crippen LogP contribution in [0.15, 0.2) is 102 Å². The summed E-state index contributed by atoms with van der Waals surface area (Å²) in [6, 6.07) is 26.8. The average Bonchev–Trinajstić information content (AvgIpc) is 3.56. The molecule has 0 bridgehead atoms. The summed E-state index contributed by atoms with van der Waals surface area (Å²) in [5.41, 5.74) is 2.04. The van der Waals surface area contributed by atoms with E-state index in [9.17, 15) is 9.90 Å². The van der Waals surface area contributed by atoms with Crippen molar-refractivity contribution in [2.45, 2.75) is 45.0 Å². The Balaban J connectivity index is 1.13. The molecule has 206 valence electrons. The van der Waals surface area contributed by atoms with Gasteiger partial charge in [0.15, 0.2) is 6.26 Å². The van der Waals surface area contributed by atoms with Gasteiger partial charge in [-0.1, -0.05) is 60.7 Å². The van der Waals surface area contributed by atoms with E-state index in [4.69, 9.17) is 23.4 Å². The number of hydrogen-bond acceptors (Lipinski definition) is 7. The molecule has 5 rings (SSSR count). The second-order valence-corrected chi connectivity index (χ2v) is 9.76. The van der Waals surface area contributed by atoms with Gasteiger partial charge in [-0.2, -0.15) is 0 Å². The van der Waals surface area contributed by atoms with Crippen molar-refractivity contribution in [1.29, 1.82) is 0 Å². The molecule has 2 heterocycles. The van der Waals surface area contributed by atoms with Gasteiger partial charge in [-0.25, -0.2) is 9.78 Å². The fourth-order valence-electron chi connectivity index (χ4n) is 4.36. The highest BCUT2D eigenvalue weighted by molar-refractivity contribution is 5.77. The number of ether oxygens (including phenoxy) is 4. The molecule has 2 unspecified atom stereocenters. The monoisotopic (exact) mass is 541 g/mol. The summed E-state index contributed by atoms with van der Waals surface area (Å²) in [6.07, 6.45) is 1.98. The van der Waals surface area contributed by atoms with Gasteiger partial charge in [0.25, 0.3) is 0 Å². The van der Waals surface area contributed by atoms with Crippen LogP contribution < -0.4 is 4.74 Å². The number of rotatable bonds is 12. The van der Waals surface area contributed by atoms with Gasteiger partial charge in [-0.3, -0.25) is 0 Å². The summed E-state index contributed by atoms with van der Waals surface area (Å²) in [5, 5.41) is 9.94. The summed E-state index contributed by atoms with van der Waals surface area (Å²) in [7, 11) is 0. The van der Waals surface area contributed by atoms with E-state index in [0.29, 0.717) is 31.1 Å². The smallest absolute Gasteiger partial charge is 0.348 e. The number of carbonyl (C=O) groups is 1. The SMILES string of the molecule is Cc1oc(-c2ccccc2)nc1CCOc1ccc(CC(C)(OC2=COC(Cc3ccccc3)O2)C(=O)O)cc1. The zero-order valence-electron chi connectivity index (χ0n) is 22.4. The largest absolute Gasteiger partial charge is 0.493 e. The van der Waals surface area contributed by atoms with Crippen LogP contribution in [-0.4, -0.2) is 34.6 Å². The standard InChI is InChI=1S/C32H31NO7/c1-22-27(33-30(38-22)25-11-7-4-8-12-25)17-18-36-26-15-13-24(14-16-26)20-32(2,31(34)35)40-29-21-37-28(39-29)19-23-9-5-3-6-10-23/h3-16,21,28H,17-20H2,1-2H3,(H,34,35). The molecule has 1 aliphatic rings. The fourth-order valence-corrected chi connectivity index (χ4v) is 4.36. The second-order valence-electron chi connectivity index (χ2n) is 9.76. The van der Waals surface area contributed by atoms with E-state index in [1.807, 2.05) is 91.9 Å². The zero-order valence-corrected chi connectivity index (χ0v) is 22.4. The first-order valence-corrected chi connectivity index (χ1v) is 13.1. The highest BCUT2D eigenvalue weighted by Gasteiger charge is 2.39. The van der Waals surface area contributed by atoms with Crippen LogP contribution in [0.1, 0.15) is 29.5 Å². The van der Waals surface area contributed by atoms with Gasteiger partial charge in [0.1, 0.15) is 11.5 Å². The minimum absolute atomic E-state index is 0.0457. The van der Waals surface area contributed by atoms with Gasteiger partial charge in [-0.15, -0.1) is 0 Å². The molecule has 0 amide bonds. The Labute approximate surface area is 232 Å². The van der Waals surface area contributed by atoms with Crippen molar-refractivity contribution >= 4 is 5.97 Å². The molecule has 0 spiro atoms. The minimum Gasteiger partial charge on any atom is -0.493 e. The number of benzene rings is 3. The Morgan fingerprint density at radius 2 is 1.68 bits per heavy atom. The molecule has 40 heavy (non-hydrogen) atoms. The number of oxazole rings is 1. The molecule has 1 aromatic heterocycles. The number of carboxylic acids is 1. The zero-order chi connectivity index (χ0) is 28.0. The molecular formula is C32H31NO7. The number of aryl methyl sites for hydroxylation is 1. The Morgan fingerprint density at radius 1 is 0.975 bits per heavy atom. The molecule has 2 atom stereocenters. The Bertz CT molecular complexity index is 1450. The molecule has 0 radical (unpaired) electrons. The van der Waals surface area contributed by atoms with E-state index >= 15 is 0 Å². The maximum Gasteiger partial charge on any atom is 0.348 e. The molecule has 1 aliphatic heterocycles. The molecule has 0 saturated carbocycles. The van der Waals surface area contributed by atoms with Crippen molar-refractivity contribution in [3.63, 3.8) is 0 Å². The lowest BCUT2D eigenvalue weighted by molar-refractivity contribution is -0.168. The Morgan fingerprint density at radius 3 is 2.38 bits per heavy atom. The van der Waals surface area contributed by atoms with E-state index in [1.165, 1.54) is 13.2 Å². The summed E-state index contributed by atoms with van der Waals surface area (Å²) >= 11 is 0. The van der Waals surface area contributed by atoms with Crippen LogP contribution in [0.2, 0.25) is 0 Å². The molecular weight excluding hydrogens is 510 g/mol. The van der Waals surface area contributed by atoms with Gasteiger partial charge in [0.05, 0.1) is 12.3 Å². The van der Waals surface area contributed by atoms with E-state index in [0.717, 1.165) is 28.1 Å². The summed E-state index contributed by atoms with van der Waals surface area (Å²) in [4.78, 5) is 16.8. The fraction of sp³-hybridized carbons (Fsp3) is 0.250. The van der Waals surface area contributed by atoms with E-state index < -0.39 is 17.9 Å². The molecule has 8 nitrogen and oxygen atoms in total. The van der Waals surface area contributed by atoms with Crippen LogP contribution in [-0.2, 0) is 38.3 Å². The van der Waals surface area contributed by atoms with Crippen LogP contribution in [0, 0.1) is 6.92 Å². The van der Waals surface area contributed by atoms with Gasteiger partial charge in [0.2, 0.25) is 17.8 Å². The Hall–Kier alpha value is -4.72. The van der Waals surface area contributed by atoms with Crippen LogP contribution in [0.25, 0.3) is 11.5 Å². The maximum atomic E-state index is 12.2. The van der Waals surface area contributed by atoms with Crippen LogP contribution in [0.5, 0.6) is 5.75 Å². The third-order valence-electron chi connectivity index (χ3n) is 6.57. The maximum absolute atomic E-state index is 12.2. The lowest BCUT2D eigenvalue weighted by Crippen LogP contribution is -2.40. The minimum atomic E-state index is -1.56. The van der Waals surface area contributed by atoms with E-state index in [2.05, 4.69) is 4.98 Å². The van der Waals surface area contributed by atoms with Crippen molar-refractivity contribution in [3.05, 3.63) is 120 Å². The molecule has 0 saturated heterocycles. The van der Waals surface area contributed by atoms with Gasteiger partial charge in [-0.05, 0) is 49.2 Å². The molecule has 4 aromatic rings. The van der Waals surface area contributed by atoms with Crippen molar-refractivity contribution in [3.8, 4) is 17.2 Å². The summed E-state index contributed by atoms with van der Waals surface area (Å²) in [5.74, 6) is 0.971. The predicted molar refractivity (Wildman–Crippen MR) is 147 cm³/mol. The highest BCUT2D eigenvalue weighted by atomic mass is 16.8. The lowest BCUT2D eigenvalue weighted by atomic mass is 9.96. The topological polar surface area (TPSA) is 100 Å². The van der Waals surface area contributed by atoms with Crippen LogP contribution >= 0.6 is 0 Å². The van der Waals surface area contributed by atoms with Crippen molar-refractivity contribution in [1.82, 2.24) is 4.98 Å². The number of hydrogen-bond donors (Lipinski definition) is 1. The highest BCUT2D eigenvalue weighted by Crippen LogP contribution is 2.28. The normalized spacial score (nSPS) is 15.8. The van der Waals surface area contributed by atoms with Crippen molar-refractivity contribution < 1.29 is 33.3 Å². The first kappa shape index (κ1) is 26.9. The first-order chi connectivity index (χ1) is 19.4. The van der Waals surface area contributed by atoms with Crippen molar-refractivity contribution in [2.75, 3.05) is 6.61 Å². The first-order valence-electron chi connectivity index (χ1n) is 13.1. The third-order valence-corrected chi connectivity index (χ3v) is 6.57. The van der Waals surface area contributed by atoms with Crippen molar-refractivity contribution in [2.24, 2.45) is 0 Å². The summed E-state index contributed by atoms with van der Waals surface area (Å²) in [6.45, 7) is 3.83. The molecule has 3 aromatic carbocycles. The number of nitrogens with zero attached hydrogens (tertiary/aromatic N) is 1.